The van der Waals surface area contributed by atoms with Crippen LogP contribution in [0.3, 0.4) is 0 Å². The fourth-order valence-electron chi connectivity index (χ4n) is 3.59. The van der Waals surface area contributed by atoms with Crippen molar-refractivity contribution in [2.45, 2.75) is 18.9 Å². The summed E-state index contributed by atoms with van der Waals surface area (Å²) in [4.78, 5) is 50.4. The molecule has 0 saturated carbocycles. The molecule has 1 unspecified atom stereocenters. The third-order valence-corrected chi connectivity index (χ3v) is 6.15. The van der Waals surface area contributed by atoms with Gasteiger partial charge in [-0.25, -0.2) is 0 Å². The Kier molecular flexibility index (Phi) is 11.0. The molecule has 11 nitrogen and oxygen atoms in total. The van der Waals surface area contributed by atoms with Crippen LogP contribution in [-0.2, 0) is 28.0 Å². The zero-order valence-electron chi connectivity index (χ0n) is 18.4. The topological polar surface area (TPSA) is 132 Å². The summed E-state index contributed by atoms with van der Waals surface area (Å²) in [6.07, 6.45) is 0.197. The number of nitrogens with zero attached hydrogens (tertiary/aromatic N) is 1. The van der Waals surface area contributed by atoms with Gasteiger partial charge in [0.25, 0.3) is 11.8 Å². The van der Waals surface area contributed by atoms with Crippen molar-refractivity contribution in [3.05, 3.63) is 29.3 Å². The first kappa shape index (κ1) is 26.8. The number of hydrogen-bond donors (Lipinski definition) is 2. The normalized spacial score (nSPS) is 17.8. The predicted octanol–water partition coefficient (Wildman–Crippen LogP) is 1.56. The lowest BCUT2D eigenvalue weighted by Gasteiger charge is -2.27. The molecule has 0 bridgehead atoms. The van der Waals surface area contributed by atoms with E-state index in [0.717, 1.165) is 4.90 Å². The first-order valence-corrected chi connectivity index (χ1v) is 14.0. The Morgan fingerprint density at radius 3 is 2.32 bits per heavy atom. The molecule has 2 aliphatic rings. The first-order chi connectivity index (χ1) is 16.5. The maximum atomic E-state index is 13.0. The highest BCUT2D eigenvalue weighted by Gasteiger charge is 2.45. The molecular weight excluding hydrogens is 581 g/mol. The Morgan fingerprint density at radius 2 is 1.65 bits per heavy atom. The molecule has 2 aliphatic heterocycles. The number of fused-ring (bicyclic) bond motifs is 1. The zero-order chi connectivity index (χ0) is 24.3. The number of rotatable bonds is 15. The van der Waals surface area contributed by atoms with Gasteiger partial charge in [0, 0.05) is 39.9 Å². The SMILES string of the molecule is O=C1CCC(N2C(=O)c3cccc(NCCOCCOCCOCCOSI)c3C2=O)C(=O)N1. The summed E-state index contributed by atoms with van der Waals surface area (Å²) in [5, 5.41) is 5.31. The lowest BCUT2D eigenvalue weighted by atomic mass is 10.0. The van der Waals surface area contributed by atoms with Crippen molar-refractivity contribution in [2.24, 2.45) is 0 Å². The van der Waals surface area contributed by atoms with E-state index in [9.17, 15) is 19.2 Å². The number of amides is 4. The number of carbonyl (C=O) groups excluding carboxylic acids is 4. The van der Waals surface area contributed by atoms with E-state index in [4.69, 9.17) is 18.4 Å². The van der Waals surface area contributed by atoms with Crippen molar-refractivity contribution >= 4 is 59.7 Å². The number of ether oxygens (including phenoxy) is 3. The van der Waals surface area contributed by atoms with Crippen LogP contribution in [-0.4, -0.2) is 87.4 Å². The van der Waals surface area contributed by atoms with E-state index in [2.05, 4.69) is 10.6 Å². The van der Waals surface area contributed by atoms with E-state index in [-0.39, 0.29) is 24.0 Å². The molecule has 0 aromatic heterocycles. The van der Waals surface area contributed by atoms with Crippen molar-refractivity contribution in [3.63, 3.8) is 0 Å². The molecule has 1 atom stereocenters. The zero-order valence-corrected chi connectivity index (χ0v) is 21.4. The van der Waals surface area contributed by atoms with Gasteiger partial charge in [0.05, 0.1) is 66.6 Å². The third kappa shape index (κ3) is 7.11. The fourth-order valence-corrected chi connectivity index (χ4v) is 4.26. The Hall–Kier alpha value is -1.78. The van der Waals surface area contributed by atoms with Gasteiger partial charge < -0.3 is 23.7 Å². The Bertz CT molecular complexity index is 903. The van der Waals surface area contributed by atoms with E-state index >= 15 is 0 Å². The maximum absolute atomic E-state index is 13.0. The third-order valence-electron chi connectivity index (χ3n) is 5.13. The summed E-state index contributed by atoms with van der Waals surface area (Å²) in [6.45, 7) is 3.62. The van der Waals surface area contributed by atoms with Gasteiger partial charge in [-0.15, -0.1) is 0 Å². The minimum atomic E-state index is -0.991. The summed E-state index contributed by atoms with van der Waals surface area (Å²) >= 11 is 2.05. The molecule has 34 heavy (non-hydrogen) atoms. The van der Waals surface area contributed by atoms with Crippen LogP contribution in [0.2, 0.25) is 0 Å². The van der Waals surface area contributed by atoms with Gasteiger partial charge in [-0.3, -0.25) is 29.4 Å². The van der Waals surface area contributed by atoms with Crippen molar-refractivity contribution in [3.8, 4) is 0 Å². The van der Waals surface area contributed by atoms with Crippen LogP contribution in [0, 0.1) is 0 Å². The highest BCUT2D eigenvalue weighted by Crippen LogP contribution is 2.32. The molecule has 0 spiro atoms. The highest BCUT2D eigenvalue weighted by atomic mass is 127. The second-order valence-corrected chi connectivity index (χ2v) is 8.76. The van der Waals surface area contributed by atoms with Gasteiger partial charge in [-0.1, -0.05) is 6.07 Å². The molecule has 4 amide bonds. The first-order valence-electron chi connectivity index (χ1n) is 10.8. The van der Waals surface area contributed by atoms with Crippen LogP contribution < -0.4 is 10.6 Å². The number of nitrogens with one attached hydrogen (secondary N) is 2. The Labute approximate surface area is 213 Å². The van der Waals surface area contributed by atoms with Crippen LogP contribution in [0.5, 0.6) is 0 Å². The largest absolute Gasteiger partial charge is 0.382 e. The van der Waals surface area contributed by atoms with Gasteiger partial charge in [0.1, 0.15) is 6.04 Å². The van der Waals surface area contributed by atoms with Crippen LogP contribution in [0.4, 0.5) is 5.69 Å². The number of anilines is 1. The number of benzene rings is 1. The number of halogens is 1. The van der Waals surface area contributed by atoms with Crippen molar-refractivity contribution in [1.82, 2.24) is 10.2 Å². The second-order valence-electron chi connectivity index (χ2n) is 7.32. The monoisotopic (exact) mass is 607 g/mol. The van der Waals surface area contributed by atoms with Gasteiger partial charge in [-0.2, -0.15) is 0 Å². The Balaban J connectivity index is 1.39. The summed E-state index contributed by atoms with van der Waals surface area (Å²) in [7, 11) is 1.27. The van der Waals surface area contributed by atoms with Gasteiger partial charge in [-0.05, 0) is 18.6 Å². The van der Waals surface area contributed by atoms with Gasteiger partial charge in [0.15, 0.2) is 0 Å². The number of hydrogen-bond acceptors (Lipinski definition) is 10. The minimum Gasteiger partial charge on any atom is -0.382 e. The molecule has 1 saturated heterocycles. The average Bonchev–Trinajstić information content (AvgIpc) is 3.08. The van der Waals surface area contributed by atoms with E-state index in [1.165, 1.54) is 9.21 Å². The highest BCUT2D eigenvalue weighted by molar-refractivity contribution is 14.2. The van der Waals surface area contributed by atoms with Crippen LogP contribution in [0.25, 0.3) is 0 Å². The second kappa shape index (κ2) is 13.9. The lowest BCUT2D eigenvalue weighted by molar-refractivity contribution is -0.136. The number of imide groups is 2. The Morgan fingerprint density at radius 1 is 0.971 bits per heavy atom. The molecule has 2 heterocycles. The van der Waals surface area contributed by atoms with Crippen molar-refractivity contribution in [1.29, 1.82) is 0 Å². The maximum Gasteiger partial charge on any atom is 0.264 e. The molecule has 1 aromatic rings. The van der Waals surface area contributed by atoms with E-state index in [1.807, 2.05) is 21.2 Å². The van der Waals surface area contributed by atoms with Crippen LogP contribution in [0.1, 0.15) is 33.6 Å². The number of carbonyl (C=O) groups is 4. The molecule has 2 N–H and O–H groups in total. The summed E-state index contributed by atoms with van der Waals surface area (Å²) in [5.41, 5.74) is 0.950. The summed E-state index contributed by atoms with van der Waals surface area (Å²) < 4.78 is 21.3. The molecule has 1 aromatic carbocycles. The smallest absolute Gasteiger partial charge is 0.264 e. The average molecular weight is 607 g/mol. The summed E-state index contributed by atoms with van der Waals surface area (Å²) in [6, 6.07) is 3.93. The minimum absolute atomic E-state index is 0.0793. The van der Waals surface area contributed by atoms with Crippen LogP contribution in [0.15, 0.2) is 18.2 Å². The van der Waals surface area contributed by atoms with E-state index < -0.39 is 29.7 Å². The van der Waals surface area contributed by atoms with Crippen LogP contribution >= 0.6 is 30.4 Å². The van der Waals surface area contributed by atoms with Gasteiger partial charge in [0.2, 0.25) is 11.8 Å². The van der Waals surface area contributed by atoms with E-state index in [0.29, 0.717) is 58.5 Å². The lowest BCUT2D eigenvalue weighted by Crippen LogP contribution is -2.54. The van der Waals surface area contributed by atoms with Crippen molar-refractivity contribution < 1.29 is 37.6 Å². The quantitative estimate of drug-likeness (QED) is 0.131. The predicted molar refractivity (Wildman–Crippen MR) is 132 cm³/mol. The molecule has 13 heteroatoms. The van der Waals surface area contributed by atoms with Gasteiger partial charge >= 0.3 is 0 Å². The molecule has 3 rings (SSSR count). The van der Waals surface area contributed by atoms with Crippen molar-refractivity contribution in [2.75, 3.05) is 58.1 Å². The molecule has 0 aliphatic carbocycles. The molecule has 1 fully saturated rings. The molecule has 186 valence electrons. The van der Waals surface area contributed by atoms with E-state index in [1.54, 1.807) is 18.2 Å². The standard InChI is InChI=1S/C21H26IN3O8S/c22-34-33-13-12-32-11-10-31-9-8-30-7-6-23-15-3-1-2-14-18(15)21(29)25(20(14)28)16-4-5-17(26)24-19(16)27/h1-3,16,23H,4-13H2,(H,24,26,27). The fraction of sp³-hybridized carbons (Fsp3) is 0.524. The molecule has 0 radical (unpaired) electrons. The molecular formula is C21H26IN3O8S. The number of piperidine rings is 1. The summed E-state index contributed by atoms with van der Waals surface area (Å²) in [5.74, 6) is -2.12.